The first-order valence-corrected chi connectivity index (χ1v) is 5.07. The van der Waals surface area contributed by atoms with Crippen molar-refractivity contribution in [3.8, 4) is 0 Å². The van der Waals surface area contributed by atoms with E-state index in [1.807, 2.05) is 0 Å². The van der Waals surface area contributed by atoms with Crippen LogP contribution in [-0.2, 0) is 13.1 Å². The minimum Gasteiger partial charge on any atom is -0.329 e. The molecule has 1 atom stereocenters. The number of nitrogens with zero attached hydrogens (tertiary/aromatic N) is 3. The summed E-state index contributed by atoms with van der Waals surface area (Å²) in [6.45, 7) is 6.61. The molecule has 1 aromatic rings. The zero-order chi connectivity index (χ0) is 10.1. The van der Waals surface area contributed by atoms with Crippen LogP contribution in [0.3, 0.4) is 0 Å². The van der Waals surface area contributed by atoms with E-state index < -0.39 is 0 Å². The maximum atomic E-state index is 5.64. The Kier molecular flexibility index (Phi) is 2.52. The number of hydrogen-bond acceptors (Lipinski definition) is 4. The molecule has 1 aliphatic rings. The number of nitrogens with one attached hydrogen (secondary N) is 1. The van der Waals surface area contributed by atoms with Gasteiger partial charge in [0, 0.05) is 25.0 Å². The molecular formula is C9H17N5. The summed E-state index contributed by atoms with van der Waals surface area (Å²) in [5, 5.41) is 11.7. The number of aromatic nitrogens is 3. The van der Waals surface area contributed by atoms with Crippen LogP contribution in [0.5, 0.6) is 0 Å². The van der Waals surface area contributed by atoms with Crippen molar-refractivity contribution in [2.24, 2.45) is 5.73 Å². The highest BCUT2D eigenvalue weighted by molar-refractivity contribution is 5.03. The van der Waals surface area contributed by atoms with Crippen molar-refractivity contribution < 1.29 is 0 Å². The van der Waals surface area contributed by atoms with E-state index in [9.17, 15) is 0 Å². The summed E-state index contributed by atoms with van der Waals surface area (Å²) >= 11 is 0. The second kappa shape index (κ2) is 3.67. The predicted molar refractivity (Wildman–Crippen MR) is 53.8 cm³/mol. The average molecular weight is 195 g/mol. The fourth-order valence-corrected chi connectivity index (χ4v) is 1.78. The van der Waals surface area contributed by atoms with Crippen LogP contribution in [-0.4, -0.2) is 27.4 Å². The van der Waals surface area contributed by atoms with Crippen LogP contribution in [0.4, 0.5) is 0 Å². The Hall–Kier alpha value is -0.940. The van der Waals surface area contributed by atoms with Crippen LogP contribution in [0.2, 0.25) is 0 Å². The van der Waals surface area contributed by atoms with Gasteiger partial charge in [-0.3, -0.25) is 0 Å². The van der Waals surface area contributed by atoms with E-state index >= 15 is 0 Å². The highest BCUT2D eigenvalue weighted by Crippen LogP contribution is 2.16. The Bertz CT molecular complexity index is 317. The molecule has 0 aromatic carbocycles. The first-order valence-electron chi connectivity index (χ1n) is 5.07. The van der Waals surface area contributed by atoms with Gasteiger partial charge >= 0.3 is 0 Å². The fourth-order valence-electron chi connectivity index (χ4n) is 1.78. The molecule has 0 amide bonds. The van der Waals surface area contributed by atoms with Gasteiger partial charge in [-0.15, -0.1) is 10.2 Å². The van der Waals surface area contributed by atoms with E-state index in [1.165, 1.54) is 0 Å². The van der Waals surface area contributed by atoms with E-state index in [1.54, 1.807) is 0 Å². The zero-order valence-electron chi connectivity index (χ0n) is 8.70. The van der Waals surface area contributed by atoms with Crippen LogP contribution in [0.1, 0.15) is 31.4 Å². The molecule has 2 rings (SSSR count). The third-order valence-electron chi connectivity index (χ3n) is 2.61. The number of nitrogens with two attached hydrogens (primary N) is 1. The van der Waals surface area contributed by atoms with Gasteiger partial charge in [0.1, 0.15) is 11.6 Å². The molecule has 0 saturated heterocycles. The Morgan fingerprint density at radius 2 is 2.36 bits per heavy atom. The molecule has 0 radical (unpaired) electrons. The summed E-state index contributed by atoms with van der Waals surface area (Å²) in [5.41, 5.74) is 5.64. The van der Waals surface area contributed by atoms with Crippen LogP contribution in [0, 0.1) is 0 Å². The van der Waals surface area contributed by atoms with Crippen molar-refractivity contribution in [1.82, 2.24) is 20.1 Å². The lowest BCUT2D eigenvalue weighted by Crippen LogP contribution is -2.44. The largest absolute Gasteiger partial charge is 0.329 e. The molecule has 1 aliphatic heterocycles. The first kappa shape index (κ1) is 9.61. The Morgan fingerprint density at radius 3 is 3.00 bits per heavy atom. The smallest absolute Gasteiger partial charge is 0.147 e. The van der Waals surface area contributed by atoms with Gasteiger partial charge in [-0.2, -0.15) is 0 Å². The molecule has 0 saturated carbocycles. The second-order valence-corrected chi connectivity index (χ2v) is 4.05. The summed E-state index contributed by atoms with van der Waals surface area (Å²) in [6, 6.07) is 0.357. The van der Waals surface area contributed by atoms with Crippen molar-refractivity contribution >= 4 is 0 Å². The lowest BCUT2D eigenvalue weighted by atomic mass is 10.2. The number of fused-ring (bicyclic) bond motifs is 1. The summed E-state index contributed by atoms with van der Waals surface area (Å²) in [6.07, 6.45) is 0. The molecule has 0 fully saturated rings. The highest BCUT2D eigenvalue weighted by Gasteiger charge is 2.22. The highest BCUT2D eigenvalue weighted by atomic mass is 15.3. The van der Waals surface area contributed by atoms with E-state index in [2.05, 4.69) is 33.9 Å². The maximum Gasteiger partial charge on any atom is 0.147 e. The molecule has 14 heavy (non-hydrogen) atoms. The molecule has 0 aliphatic carbocycles. The topological polar surface area (TPSA) is 68.8 Å². The monoisotopic (exact) mass is 195 g/mol. The molecule has 1 aromatic heterocycles. The molecule has 5 heteroatoms. The van der Waals surface area contributed by atoms with Crippen LogP contribution in [0.25, 0.3) is 0 Å². The van der Waals surface area contributed by atoms with E-state index in [0.29, 0.717) is 18.5 Å². The SMILES string of the molecule is CC(C)c1nnc2n1CC(CN)NC2. The van der Waals surface area contributed by atoms with Crippen molar-refractivity contribution in [2.75, 3.05) is 6.54 Å². The normalized spacial score (nSPS) is 21.3. The first-order chi connectivity index (χ1) is 6.72. The van der Waals surface area contributed by atoms with Crippen molar-refractivity contribution in [3.63, 3.8) is 0 Å². The lowest BCUT2D eigenvalue weighted by Gasteiger charge is -2.25. The molecule has 0 bridgehead atoms. The van der Waals surface area contributed by atoms with Gasteiger partial charge in [-0.1, -0.05) is 13.8 Å². The molecule has 0 spiro atoms. The molecule has 5 nitrogen and oxygen atoms in total. The lowest BCUT2D eigenvalue weighted by molar-refractivity contribution is 0.383. The minimum atomic E-state index is 0.357. The van der Waals surface area contributed by atoms with Crippen molar-refractivity contribution in [1.29, 1.82) is 0 Å². The summed E-state index contributed by atoms with van der Waals surface area (Å²) in [5.74, 6) is 2.52. The van der Waals surface area contributed by atoms with Gasteiger partial charge < -0.3 is 15.6 Å². The Labute approximate surface area is 83.7 Å². The fraction of sp³-hybridized carbons (Fsp3) is 0.778. The Morgan fingerprint density at radius 1 is 1.57 bits per heavy atom. The van der Waals surface area contributed by atoms with E-state index in [-0.39, 0.29) is 0 Å². The van der Waals surface area contributed by atoms with Crippen molar-refractivity contribution in [2.45, 2.75) is 38.9 Å². The molecule has 3 N–H and O–H groups in total. The predicted octanol–water partition coefficient (Wildman–Crippen LogP) is -0.168. The van der Waals surface area contributed by atoms with Gasteiger partial charge in [-0.05, 0) is 0 Å². The molecule has 78 valence electrons. The molecule has 2 heterocycles. The summed E-state index contributed by atoms with van der Waals surface area (Å²) in [4.78, 5) is 0. The van der Waals surface area contributed by atoms with E-state index in [0.717, 1.165) is 24.7 Å². The van der Waals surface area contributed by atoms with Gasteiger partial charge in [0.25, 0.3) is 0 Å². The molecule has 1 unspecified atom stereocenters. The number of hydrogen-bond donors (Lipinski definition) is 2. The standard InChI is InChI=1S/C9H17N5/c1-6(2)9-13-12-8-4-11-7(3-10)5-14(8)9/h6-7,11H,3-5,10H2,1-2H3. The van der Waals surface area contributed by atoms with Gasteiger partial charge in [-0.25, -0.2) is 0 Å². The summed E-state index contributed by atoms with van der Waals surface area (Å²) < 4.78 is 2.19. The van der Waals surface area contributed by atoms with Crippen LogP contribution in [0.15, 0.2) is 0 Å². The van der Waals surface area contributed by atoms with Gasteiger partial charge in [0.15, 0.2) is 0 Å². The zero-order valence-corrected chi connectivity index (χ0v) is 8.70. The van der Waals surface area contributed by atoms with E-state index in [4.69, 9.17) is 5.73 Å². The second-order valence-electron chi connectivity index (χ2n) is 4.05. The van der Waals surface area contributed by atoms with Crippen LogP contribution < -0.4 is 11.1 Å². The van der Waals surface area contributed by atoms with Gasteiger partial charge in [0.05, 0.1) is 6.54 Å². The quantitative estimate of drug-likeness (QED) is 0.687. The third-order valence-corrected chi connectivity index (χ3v) is 2.61. The maximum absolute atomic E-state index is 5.64. The third kappa shape index (κ3) is 1.53. The number of rotatable bonds is 2. The summed E-state index contributed by atoms with van der Waals surface area (Å²) in [7, 11) is 0. The average Bonchev–Trinajstić information content (AvgIpc) is 2.59. The minimum absolute atomic E-state index is 0.357. The van der Waals surface area contributed by atoms with Crippen LogP contribution >= 0.6 is 0 Å². The molecular weight excluding hydrogens is 178 g/mol. The van der Waals surface area contributed by atoms with Crippen molar-refractivity contribution in [3.05, 3.63) is 11.6 Å². The Balaban J connectivity index is 2.28. The van der Waals surface area contributed by atoms with Gasteiger partial charge in [0.2, 0.25) is 0 Å².